The molecule has 0 unspecified atom stereocenters. The molecule has 0 bridgehead atoms. The summed E-state index contributed by atoms with van der Waals surface area (Å²) in [6, 6.07) is 13.8. The number of urea groups is 1. The molecule has 6 amide bonds. The number of anilines is 6. The van der Waals surface area contributed by atoms with Crippen LogP contribution in [0.25, 0.3) is 21.5 Å². The lowest BCUT2D eigenvalue weighted by Crippen LogP contribution is -2.22. The molecular weight excluding hydrogens is 1080 g/mol. The predicted molar refractivity (Wildman–Crippen MR) is 266 cm³/mol. The zero-order valence-corrected chi connectivity index (χ0v) is 42.5. The van der Waals surface area contributed by atoms with E-state index in [1.54, 1.807) is 0 Å². The molecule has 0 saturated carbocycles. The molecule has 4 aromatic heterocycles. The Morgan fingerprint density at radius 2 is 0.632 bits per heavy atom. The highest BCUT2D eigenvalue weighted by Crippen LogP contribution is 2.33. The first kappa shape index (κ1) is 53.6. The van der Waals surface area contributed by atoms with Gasteiger partial charge in [-0.05, 0) is 83.6 Å². The molecule has 396 valence electrons. The molecule has 0 atom stereocenters. The average Bonchev–Trinajstić information content (AvgIpc) is 4.09. The lowest BCUT2D eigenvalue weighted by atomic mass is 10.1. The molecule has 6 N–H and O–H groups in total. The number of nitrogens with one attached hydrogen (secondary N) is 6. The number of fused-ring (bicyclic) bond motifs is 2. The van der Waals surface area contributed by atoms with Crippen LogP contribution in [0.1, 0.15) is 41.4 Å². The van der Waals surface area contributed by atoms with E-state index in [2.05, 4.69) is 31.9 Å². The van der Waals surface area contributed by atoms with Gasteiger partial charge in [0.05, 0.1) is 53.2 Å². The van der Waals surface area contributed by atoms with Crippen molar-refractivity contribution in [3.05, 3.63) is 132 Å². The maximum absolute atomic E-state index is 13.4. The molecule has 27 nitrogen and oxygen atoms in total. The van der Waals surface area contributed by atoms with Gasteiger partial charge in [0.25, 0.3) is 23.6 Å². The van der Waals surface area contributed by atoms with Gasteiger partial charge in [-0.15, -0.1) is 0 Å². The zero-order chi connectivity index (χ0) is 55.6. The molecule has 76 heavy (non-hydrogen) atoms. The Kier molecular flexibility index (Phi) is 13.8. The normalized spacial score (nSPS) is 12.1. The maximum atomic E-state index is 13.4. The van der Waals surface area contributed by atoms with Gasteiger partial charge < -0.3 is 57.7 Å². The minimum Gasteiger partial charge on any atom is -0.744 e. The SMILES string of the molecule is Cn1cc(C(=O)Nc2cc(C(=O)Nc3cc(S(=O)(=O)[O-])cc4ccc(S(=O)(=O)[O-])cc34)cn2C)cc1NC(=O)Nc1cc(C(=O)Nc2cc(C(=O)Nc3cc(S(=O)(=O)[O-])cc4ccc(S(=O)(=O)[O-])cc34)cn2C)cn1C. The number of rotatable bonds is 14. The molecule has 0 radical (unpaired) electrons. The second-order valence-corrected chi connectivity index (χ2v) is 22.3. The van der Waals surface area contributed by atoms with Crippen LogP contribution in [-0.4, -0.2) is 99.8 Å². The van der Waals surface area contributed by atoms with Gasteiger partial charge >= 0.3 is 6.03 Å². The largest absolute Gasteiger partial charge is 0.744 e. The van der Waals surface area contributed by atoms with Gasteiger partial charge in [-0.2, -0.15) is 0 Å². The van der Waals surface area contributed by atoms with Crippen LogP contribution in [0.3, 0.4) is 0 Å². The Hall–Kier alpha value is -8.69. The van der Waals surface area contributed by atoms with Gasteiger partial charge in [-0.1, -0.05) is 12.1 Å². The van der Waals surface area contributed by atoms with Crippen LogP contribution in [0, 0.1) is 0 Å². The van der Waals surface area contributed by atoms with E-state index in [9.17, 15) is 75.9 Å². The average molecular weight is 1120 g/mol. The summed E-state index contributed by atoms with van der Waals surface area (Å²) in [7, 11) is -14.1. The van der Waals surface area contributed by atoms with E-state index < -0.39 is 89.7 Å². The highest BCUT2D eigenvalue weighted by molar-refractivity contribution is 7.86. The summed E-state index contributed by atoms with van der Waals surface area (Å²) in [5.41, 5.74) is -0.697. The van der Waals surface area contributed by atoms with Crippen LogP contribution < -0.4 is 31.9 Å². The van der Waals surface area contributed by atoms with Crippen LogP contribution >= 0.6 is 0 Å². The number of carbonyl (C=O) groups is 5. The van der Waals surface area contributed by atoms with Crippen molar-refractivity contribution in [2.75, 3.05) is 31.9 Å². The molecule has 31 heteroatoms. The van der Waals surface area contributed by atoms with Crippen LogP contribution in [0.2, 0.25) is 0 Å². The zero-order valence-electron chi connectivity index (χ0n) is 39.3. The van der Waals surface area contributed by atoms with Crippen LogP contribution in [0.15, 0.2) is 129 Å². The van der Waals surface area contributed by atoms with E-state index in [4.69, 9.17) is 0 Å². The standard InChI is InChI=1S/C45H40N10O17S4/c1-52-19-25(41(56)46-35-17-31(75(67,68)69)9-23-5-7-29(15-33(23)35)73(61,62)63)11-37(52)48-43(58)27-13-39(54(3)21-27)50-45(60)51-40-14-28(22-55(40)4)44(59)49-38-12-26(20-53(38)2)42(57)47-36-18-32(76(70,71)72)10-24-6-8-30(16-34(24)36)74(64,65)66/h5-22H,1-4H3,(H,46,56)(H,47,57)(H,48,58)(H,49,59)(H2,50,51,60)(H,61,62,63)(H,64,65,66)(H,67,68,69)(H,70,71,72)/p-4. The maximum Gasteiger partial charge on any atom is 0.325 e. The first-order chi connectivity index (χ1) is 35.3. The summed E-state index contributed by atoms with van der Waals surface area (Å²) in [5.74, 6) is -2.73. The lowest BCUT2D eigenvalue weighted by molar-refractivity contribution is 0.101. The minimum atomic E-state index is -5.07. The Labute approximate surface area is 430 Å². The lowest BCUT2D eigenvalue weighted by Gasteiger charge is -2.15. The Morgan fingerprint density at radius 1 is 0.355 bits per heavy atom. The number of nitrogens with zero attached hydrogens (tertiary/aromatic N) is 4. The molecule has 0 spiro atoms. The number of amides is 6. The highest BCUT2D eigenvalue weighted by atomic mass is 32.2. The molecule has 4 aromatic carbocycles. The van der Waals surface area contributed by atoms with Crippen molar-refractivity contribution in [2.24, 2.45) is 28.2 Å². The van der Waals surface area contributed by atoms with Gasteiger partial charge in [0.1, 0.15) is 63.7 Å². The minimum absolute atomic E-state index is 0.0214. The summed E-state index contributed by atoms with van der Waals surface area (Å²) in [4.78, 5) is 64.0. The van der Waals surface area contributed by atoms with Crippen molar-refractivity contribution >= 4 is 126 Å². The third-order valence-corrected chi connectivity index (χ3v) is 14.8. The summed E-state index contributed by atoms with van der Waals surface area (Å²) >= 11 is 0. The third kappa shape index (κ3) is 11.5. The number of aromatic nitrogens is 4. The van der Waals surface area contributed by atoms with E-state index in [0.717, 1.165) is 60.7 Å². The van der Waals surface area contributed by atoms with Crippen LogP contribution in [0.5, 0.6) is 0 Å². The summed E-state index contributed by atoms with van der Waals surface area (Å²) in [5, 5.41) is 15.2. The first-order valence-electron chi connectivity index (χ1n) is 21.3. The molecule has 0 saturated heterocycles. The Morgan fingerprint density at radius 3 is 0.921 bits per heavy atom. The van der Waals surface area contributed by atoms with Crippen LogP contribution in [-0.2, 0) is 68.7 Å². The number of carbonyl (C=O) groups excluding carboxylic acids is 5. The fraction of sp³-hybridized carbons (Fsp3) is 0.0889. The van der Waals surface area contributed by atoms with E-state index >= 15 is 0 Å². The third-order valence-electron chi connectivity index (χ3n) is 11.5. The monoisotopic (exact) mass is 1120 g/mol. The topological polar surface area (TPSA) is 406 Å². The highest BCUT2D eigenvalue weighted by Gasteiger charge is 2.22. The fourth-order valence-electron chi connectivity index (χ4n) is 7.71. The molecule has 0 aliphatic rings. The van der Waals surface area contributed by atoms with E-state index in [0.29, 0.717) is 0 Å². The van der Waals surface area contributed by atoms with Crippen molar-refractivity contribution in [3.8, 4) is 0 Å². The van der Waals surface area contributed by atoms with Gasteiger partial charge in [0.2, 0.25) is 0 Å². The Balaban J connectivity index is 0.902. The van der Waals surface area contributed by atoms with Crippen molar-refractivity contribution in [1.29, 1.82) is 0 Å². The smallest absolute Gasteiger partial charge is 0.325 e. The van der Waals surface area contributed by atoms with Crippen molar-refractivity contribution < 1.29 is 75.9 Å². The first-order valence-corrected chi connectivity index (χ1v) is 26.9. The second kappa shape index (κ2) is 19.5. The van der Waals surface area contributed by atoms with Crippen molar-refractivity contribution in [3.63, 3.8) is 0 Å². The molecule has 4 heterocycles. The van der Waals surface area contributed by atoms with Crippen molar-refractivity contribution in [1.82, 2.24) is 18.3 Å². The number of hydrogen-bond donors (Lipinski definition) is 6. The number of benzene rings is 4. The van der Waals surface area contributed by atoms with E-state index in [1.807, 2.05) is 0 Å². The summed E-state index contributed by atoms with van der Waals surface area (Å²) < 4.78 is 147. The van der Waals surface area contributed by atoms with E-state index in [-0.39, 0.29) is 78.4 Å². The quantitative estimate of drug-likeness (QED) is 0.0847. The molecule has 0 aliphatic heterocycles. The second-order valence-electron chi connectivity index (χ2n) is 16.8. The predicted octanol–water partition coefficient (Wildman–Crippen LogP) is 3.62. The van der Waals surface area contributed by atoms with Gasteiger partial charge in [-0.3, -0.25) is 29.8 Å². The van der Waals surface area contributed by atoms with Crippen molar-refractivity contribution in [2.45, 2.75) is 19.6 Å². The van der Waals surface area contributed by atoms with Gasteiger partial charge in [0.15, 0.2) is 0 Å². The van der Waals surface area contributed by atoms with Gasteiger partial charge in [0, 0.05) is 63.8 Å². The summed E-state index contributed by atoms with van der Waals surface area (Å²) in [6.45, 7) is 0. The number of aryl methyl sites for hydroxylation is 4. The molecule has 8 aromatic rings. The summed E-state index contributed by atoms with van der Waals surface area (Å²) in [6.07, 6.45) is 5.35. The molecule has 0 aliphatic carbocycles. The van der Waals surface area contributed by atoms with Crippen LogP contribution in [0.4, 0.5) is 39.4 Å². The Bertz CT molecular complexity index is 4020. The molecular formula is C45H36N10O17S4-4. The van der Waals surface area contributed by atoms with E-state index in [1.165, 1.54) is 95.5 Å². The molecule has 8 rings (SSSR count). The number of hydrogen-bond acceptors (Lipinski definition) is 17. The molecule has 0 fully saturated rings. The van der Waals surface area contributed by atoms with Gasteiger partial charge in [-0.25, -0.2) is 38.5 Å². The fourth-order valence-corrected chi connectivity index (χ4v) is 9.77.